The molecule has 2 aromatic carbocycles. The molecule has 1 aliphatic heterocycles. The number of fused-ring (bicyclic) bond motifs is 1. The van der Waals surface area contributed by atoms with Gasteiger partial charge in [0.1, 0.15) is 11.5 Å². The minimum Gasteiger partial charge on any atom is -0.457 e. The second kappa shape index (κ2) is 7.45. The zero-order chi connectivity index (χ0) is 18.8. The van der Waals surface area contributed by atoms with E-state index in [1.165, 1.54) is 11.1 Å². The molecular weight excluding hydrogens is 338 g/mol. The molecule has 1 unspecified atom stereocenters. The van der Waals surface area contributed by atoms with Crippen LogP contribution in [-0.4, -0.2) is 24.0 Å². The maximum Gasteiger partial charge on any atom is 0.250 e. The Morgan fingerprint density at radius 1 is 1.11 bits per heavy atom. The van der Waals surface area contributed by atoms with E-state index in [2.05, 4.69) is 10.3 Å². The van der Waals surface area contributed by atoms with Crippen molar-refractivity contribution < 1.29 is 9.53 Å². The lowest BCUT2D eigenvalue weighted by molar-refractivity contribution is 0.100. The van der Waals surface area contributed by atoms with E-state index in [9.17, 15) is 4.79 Å². The van der Waals surface area contributed by atoms with Gasteiger partial charge >= 0.3 is 0 Å². The van der Waals surface area contributed by atoms with Crippen LogP contribution < -0.4 is 15.8 Å². The number of carbonyl (C=O) groups excluding carboxylic acids is 1. The predicted octanol–water partition coefficient (Wildman–Crippen LogP) is 4.22. The molecular formula is C22H25N3O2. The average Bonchev–Trinajstić information content (AvgIpc) is 2.89. The number of hydrogen-bond donors (Lipinski definition) is 3. The Morgan fingerprint density at radius 2 is 1.93 bits per heavy atom. The van der Waals surface area contributed by atoms with Crippen LogP contribution in [0, 0.1) is 6.92 Å². The van der Waals surface area contributed by atoms with E-state index in [1.54, 1.807) is 6.07 Å². The van der Waals surface area contributed by atoms with E-state index in [0.29, 0.717) is 17.2 Å². The molecule has 1 atom stereocenters. The number of nitrogens with one attached hydrogen (secondary N) is 2. The lowest BCUT2D eigenvalue weighted by Crippen LogP contribution is -2.13. The van der Waals surface area contributed by atoms with Gasteiger partial charge in [-0.15, -0.1) is 0 Å². The number of amides is 1. The monoisotopic (exact) mass is 363 g/mol. The molecule has 1 aromatic heterocycles. The maximum absolute atomic E-state index is 12.0. The summed E-state index contributed by atoms with van der Waals surface area (Å²) < 4.78 is 6.03. The van der Waals surface area contributed by atoms with Crippen molar-refractivity contribution in [3.63, 3.8) is 0 Å². The van der Waals surface area contributed by atoms with Crippen LogP contribution in [0.5, 0.6) is 11.5 Å². The molecule has 0 saturated carbocycles. The van der Waals surface area contributed by atoms with Gasteiger partial charge in [0.25, 0.3) is 5.91 Å². The minimum absolute atomic E-state index is 0.453. The van der Waals surface area contributed by atoms with Gasteiger partial charge in [-0.05, 0) is 75.0 Å². The molecule has 1 amide bonds. The highest BCUT2D eigenvalue weighted by Gasteiger charge is 2.21. The van der Waals surface area contributed by atoms with Gasteiger partial charge in [-0.25, -0.2) is 0 Å². The van der Waals surface area contributed by atoms with E-state index >= 15 is 0 Å². The van der Waals surface area contributed by atoms with Crippen molar-refractivity contribution in [3.05, 3.63) is 59.3 Å². The SMILES string of the molecule is Cc1ccc(Oc2cc(C(N)=O)c3[nH]cc(C4CCCNCC4)c3c2)cc1. The highest BCUT2D eigenvalue weighted by Crippen LogP contribution is 2.36. The smallest absolute Gasteiger partial charge is 0.250 e. The van der Waals surface area contributed by atoms with Crippen LogP contribution in [0.15, 0.2) is 42.6 Å². The lowest BCUT2D eigenvalue weighted by Gasteiger charge is -2.14. The van der Waals surface area contributed by atoms with Crippen LogP contribution in [0.3, 0.4) is 0 Å². The fourth-order valence-corrected chi connectivity index (χ4v) is 3.89. The van der Waals surface area contributed by atoms with Gasteiger partial charge in [0.2, 0.25) is 0 Å². The second-order valence-electron chi connectivity index (χ2n) is 7.29. The first-order valence-electron chi connectivity index (χ1n) is 9.52. The second-order valence-corrected chi connectivity index (χ2v) is 7.29. The summed E-state index contributed by atoms with van der Waals surface area (Å²) in [6, 6.07) is 11.6. The van der Waals surface area contributed by atoms with E-state index in [-0.39, 0.29) is 0 Å². The fourth-order valence-electron chi connectivity index (χ4n) is 3.89. The van der Waals surface area contributed by atoms with Gasteiger partial charge in [-0.2, -0.15) is 0 Å². The van der Waals surface area contributed by atoms with Crippen LogP contribution in [0.1, 0.15) is 46.7 Å². The first kappa shape index (κ1) is 17.6. The average molecular weight is 363 g/mol. The molecule has 0 radical (unpaired) electrons. The lowest BCUT2D eigenvalue weighted by atomic mass is 9.91. The summed E-state index contributed by atoms with van der Waals surface area (Å²) in [5, 5.41) is 4.48. The third-order valence-electron chi connectivity index (χ3n) is 5.33. The van der Waals surface area contributed by atoms with E-state index in [0.717, 1.165) is 49.0 Å². The third kappa shape index (κ3) is 3.69. The molecule has 5 nitrogen and oxygen atoms in total. The highest BCUT2D eigenvalue weighted by molar-refractivity contribution is 6.06. The number of aryl methyl sites for hydroxylation is 1. The Labute approximate surface area is 158 Å². The molecule has 3 aromatic rings. The van der Waals surface area contributed by atoms with Gasteiger partial charge in [-0.3, -0.25) is 4.79 Å². The number of hydrogen-bond acceptors (Lipinski definition) is 3. The van der Waals surface area contributed by atoms with Crippen molar-refractivity contribution in [2.24, 2.45) is 5.73 Å². The molecule has 0 aliphatic carbocycles. The van der Waals surface area contributed by atoms with Crippen LogP contribution in [0.2, 0.25) is 0 Å². The van der Waals surface area contributed by atoms with E-state index < -0.39 is 5.91 Å². The Bertz CT molecular complexity index is 952. The molecule has 1 saturated heterocycles. The first-order chi connectivity index (χ1) is 13.1. The molecule has 4 N–H and O–H groups in total. The van der Waals surface area contributed by atoms with E-state index in [1.807, 2.05) is 43.5 Å². The molecule has 4 rings (SSSR count). The number of H-pyrrole nitrogens is 1. The Hall–Kier alpha value is -2.79. The summed E-state index contributed by atoms with van der Waals surface area (Å²) in [6.07, 6.45) is 5.40. The van der Waals surface area contributed by atoms with Gasteiger partial charge < -0.3 is 20.8 Å². The van der Waals surface area contributed by atoms with Crippen LogP contribution in [-0.2, 0) is 0 Å². The number of rotatable bonds is 4. The van der Waals surface area contributed by atoms with Crippen LogP contribution in [0.25, 0.3) is 10.9 Å². The summed E-state index contributed by atoms with van der Waals surface area (Å²) in [4.78, 5) is 15.3. The quantitative estimate of drug-likeness (QED) is 0.649. The zero-order valence-electron chi connectivity index (χ0n) is 15.5. The summed E-state index contributed by atoms with van der Waals surface area (Å²) in [6.45, 7) is 4.11. The third-order valence-corrected chi connectivity index (χ3v) is 5.33. The van der Waals surface area contributed by atoms with Gasteiger partial charge in [0, 0.05) is 11.6 Å². The normalized spacial score (nSPS) is 17.6. The van der Waals surface area contributed by atoms with Crippen molar-refractivity contribution >= 4 is 16.8 Å². The minimum atomic E-state index is -0.453. The predicted molar refractivity (Wildman–Crippen MR) is 108 cm³/mol. The molecule has 0 spiro atoms. The molecule has 0 bridgehead atoms. The van der Waals surface area contributed by atoms with Gasteiger partial charge in [0.15, 0.2) is 0 Å². The number of ether oxygens (including phenoxy) is 1. The first-order valence-corrected chi connectivity index (χ1v) is 9.52. The molecule has 140 valence electrons. The molecule has 27 heavy (non-hydrogen) atoms. The number of primary amides is 1. The number of benzene rings is 2. The Balaban J connectivity index is 1.76. The number of aromatic nitrogens is 1. The highest BCUT2D eigenvalue weighted by atomic mass is 16.5. The summed E-state index contributed by atoms with van der Waals surface area (Å²) in [5.41, 5.74) is 9.33. The number of carbonyl (C=O) groups is 1. The number of nitrogens with two attached hydrogens (primary N) is 1. The van der Waals surface area contributed by atoms with Crippen molar-refractivity contribution in [3.8, 4) is 11.5 Å². The Kier molecular flexibility index (Phi) is 4.86. The van der Waals surface area contributed by atoms with Gasteiger partial charge in [-0.1, -0.05) is 17.7 Å². The molecule has 2 heterocycles. The molecule has 1 fully saturated rings. The van der Waals surface area contributed by atoms with Crippen LogP contribution in [0.4, 0.5) is 0 Å². The maximum atomic E-state index is 12.0. The van der Waals surface area contributed by atoms with Crippen molar-refractivity contribution in [1.29, 1.82) is 0 Å². The number of aromatic amines is 1. The summed E-state index contributed by atoms with van der Waals surface area (Å²) >= 11 is 0. The van der Waals surface area contributed by atoms with E-state index in [4.69, 9.17) is 10.5 Å². The zero-order valence-corrected chi connectivity index (χ0v) is 15.5. The standard InChI is InChI=1S/C22H25N3O2/c1-14-4-6-16(7-5-14)27-17-11-18-20(15-3-2-9-24-10-8-15)13-25-21(18)19(12-17)22(23)26/h4-7,11-13,15,24-25H,2-3,8-10H2,1H3,(H2,23,26). The molecule has 1 aliphatic rings. The summed E-state index contributed by atoms with van der Waals surface area (Å²) in [5.74, 6) is 1.38. The topological polar surface area (TPSA) is 80.1 Å². The molecule has 5 heteroatoms. The Morgan fingerprint density at radius 3 is 2.70 bits per heavy atom. The summed E-state index contributed by atoms with van der Waals surface area (Å²) in [7, 11) is 0. The van der Waals surface area contributed by atoms with Crippen molar-refractivity contribution in [2.75, 3.05) is 13.1 Å². The largest absolute Gasteiger partial charge is 0.457 e. The fraction of sp³-hybridized carbons (Fsp3) is 0.318. The van der Waals surface area contributed by atoms with Gasteiger partial charge in [0.05, 0.1) is 11.1 Å². The van der Waals surface area contributed by atoms with Crippen molar-refractivity contribution in [1.82, 2.24) is 10.3 Å². The van der Waals surface area contributed by atoms with Crippen LogP contribution >= 0.6 is 0 Å². The van der Waals surface area contributed by atoms with Crippen molar-refractivity contribution in [2.45, 2.75) is 32.1 Å².